The van der Waals surface area contributed by atoms with Gasteiger partial charge in [0.15, 0.2) is 6.61 Å². The fourth-order valence-electron chi connectivity index (χ4n) is 3.83. The Balaban J connectivity index is 1.76. The summed E-state index contributed by atoms with van der Waals surface area (Å²) < 4.78 is 5.19. The maximum atomic E-state index is 13.0. The summed E-state index contributed by atoms with van der Waals surface area (Å²) in [6, 6.07) is 13.8. The van der Waals surface area contributed by atoms with Gasteiger partial charge in [-0.3, -0.25) is 14.9 Å². The van der Waals surface area contributed by atoms with Crippen molar-refractivity contribution in [2.75, 3.05) is 11.5 Å². The standard InChI is InChI=1S/C22H24N2O5/c1-16-9-8-14-19(21(16)24(27)28)22(26)29-15-20(25)23(17-10-4-2-5-11-17)18-12-6-3-7-13-18/h2,4-5,8-11,14,18H,3,6-7,12-13,15H2,1H3. The van der Waals surface area contributed by atoms with Gasteiger partial charge < -0.3 is 9.64 Å². The topological polar surface area (TPSA) is 89.8 Å². The Kier molecular flexibility index (Phi) is 6.59. The van der Waals surface area contributed by atoms with Crippen LogP contribution in [0, 0.1) is 17.0 Å². The van der Waals surface area contributed by atoms with Crippen molar-refractivity contribution in [2.45, 2.75) is 45.1 Å². The molecular weight excluding hydrogens is 372 g/mol. The summed E-state index contributed by atoms with van der Waals surface area (Å²) in [6.45, 7) is 1.09. The molecule has 1 aliphatic carbocycles. The number of nitro benzene ring substituents is 1. The summed E-state index contributed by atoms with van der Waals surface area (Å²) in [5, 5.41) is 11.3. The number of anilines is 1. The van der Waals surface area contributed by atoms with Gasteiger partial charge in [-0.05, 0) is 38.0 Å². The van der Waals surface area contributed by atoms with Gasteiger partial charge in [0.2, 0.25) is 0 Å². The Morgan fingerprint density at radius 2 is 1.76 bits per heavy atom. The molecule has 2 aromatic rings. The van der Waals surface area contributed by atoms with Crippen LogP contribution in [0.15, 0.2) is 48.5 Å². The molecule has 2 aromatic carbocycles. The van der Waals surface area contributed by atoms with Gasteiger partial charge in [0.1, 0.15) is 5.56 Å². The zero-order valence-electron chi connectivity index (χ0n) is 16.4. The van der Waals surface area contributed by atoms with Gasteiger partial charge in [-0.15, -0.1) is 0 Å². The average molecular weight is 396 g/mol. The minimum absolute atomic E-state index is 0.0608. The van der Waals surface area contributed by atoms with E-state index in [2.05, 4.69) is 0 Å². The van der Waals surface area contributed by atoms with Gasteiger partial charge in [-0.25, -0.2) is 4.79 Å². The maximum Gasteiger partial charge on any atom is 0.345 e. The molecule has 29 heavy (non-hydrogen) atoms. The molecule has 0 N–H and O–H groups in total. The predicted octanol–water partition coefficient (Wildman–Crippen LogP) is 4.43. The van der Waals surface area contributed by atoms with Gasteiger partial charge in [0.25, 0.3) is 11.6 Å². The first-order valence-electron chi connectivity index (χ1n) is 9.77. The molecule has 0 atom stereocenters. The van der Waals surface area contributed by atoms with Crippen LogP contribution in [0.3, 0.4) is 0 Å². The molecule has 0 spiro atoms. The summed E-state index contributed by atoms with van der Waals surface area (Å²) in [4.78, 5) is 37.9. The number of carbonyl (C=O) groups excluding carboxylic acids is 2. The number of para-hydroxylation sites is 2. The van der Waals surface area contributed by atoms with Crippen LogP contribution in [-0.4, -0.2) is 29.4 Å². The maximum absolute atomic E-state index is 13.0. The molecule has 0 bridgehead atoms. The molecule has 0 radical (unpaired) electrons. The number of benzene rings is 2. The Morgan fingerprint density at radius 3 is 2.41 bits per heavy atom. The van der Waals surface area contributed by atoms with Gasteiger partial charge in [-0.1, -0.05) is 49.6 Å². The van der Waals surface area contributed by atoms with Crippen LogP contribution in [0.5, 0.6) is 0 Å². The highest BCUT2D eigenvalue weighted by atomic mass is 16.6. The van der Waals surface area contributed by atoms with Gasteiger partial charge in [0, 0.05) is 17.3 Å². The van der Waals surface area contributed by atoms with E-state index in [-0.39, 0.29) is 23.2 Å². The van der Waals surface area contributed by atoms with Gasteiger partial charge >= 0.3 is 5.97 Å². The number of nitro groups is 1. The van der Waals surface area contributed by atoms with E-state index >= 15 is 0 Å². The van der Waals surface area contributed by atoms with E-state index in [0.717, 1.165) is 37.8 Å². The third-order valence-corrected chi connectivity index (χ3v) is 5.21. The van der Waals surface area contributed by atoms with Crippen molar-refractivity contribution in [2.24, 2.45) is 0 Å². The number of carbonyl (C=O) groups is 2. The Morgan fingerprint density at radius 1 is 1.07 bits per heavy atom. The number of aryl methyl sites for hydroxylation is 1. The molecule has 3 rings (SSSR count). The van der Waals surface area contributed by atoms with Crippen LogP contribution in [0.25, 0.3) is 0 Å². The van der Waals surface area contributed by atoms with E-state index in [1.807, 2.05) is 30.3 Å². The molecule has 0 unspecified atom stereocenters. The lowest BCUT2D eigenvalue weighted by Gasteiger charge is -2.34. The first-order chi connectivity index (χ1) is 14.0. The number of nitrogens with zero attached hydrogens (tertiary/aromatic N) is 2. The summed E-state index contributed by atoms with van der Waals surface area (Å²) in [6.07, 6.45) is 5.06. The molecule has 0 aliphatic heterocycles. The van der Waals surface area contributed by atoms with Gasteiger partial charge in [-0.2, -0.15) is 0 Å². The van der Waals surface area contributed by atoms with Gasteiger partial charge in [0.05, 0.1) is 4.92 Å². The molecular formula is C22H24N2O5. The largest absolute Gasteiger partial charge is 0.452 e. The molecule has 1 saturated carbocycles. The first kappa shape index (κ1) is 20.5. The Labute approximate surface area is 169 Å². The van der Waals surface area contributed by atoms with Crippen molar-refractivity contribution in [3.63, 3.8) is 0 Å². The fraction of sp³-hybridized carbons (Fsp3) is 0.364. The van der Waals surface area contributed by atoms with E-state index < -0.39 is 17.5 Å². The number of esters is 1. The third kappa shape index (κ3) is 4.80. The quantitative estimate of drug-likeness (QED) is 0.409. The fourth-order valence-corrected chi connectivity index (χ4v) is 3.83. The van der Waals surface area contributed by atoms with Crippen LogP contribution >= 0.6 is 0 Å². The second-order valence-corrected chi connectivity index (χ2v) is 7.20. The van der Waals surface area contributed by atoms with Crippen LogP contribution in [0.4, 0.5) is 11.4 Å². The lowest BCUT2D eigenvalue weighted by atomic mass is 9.93. The molecule has 7 heteroatoms. The average Bonchev–Trinajstić information content (AvgIpc) is 2.73. The van der Waals surface area contributed by atoms with Crippen molar-refractivity contribution in [1.29, 1.82) is 0 Å². The SMILES string of the molecule is Cc1cccc(C(=O)OCC(=O)N(c2ccccc2)C2CCCCC2)c1[N+](=O)[O-]. The minimum atomic E-state index is -0.870. The van der Waals surface area contributed by atoms with Crippen molar-refractivity contribution >= 4 is 23.3 Å². The number of rotatable bonds is 6. The lowest BCUT2D eigenvalue weighted by Crippen LogP contribution is -2.43. The van der Waals surface area contributed by atoms with Crippen LogP contribution in [-0.2, 0) is 9.53 Å². The Bertz CT molecular complexity index is 891. The molecule has 1 fully saturated rings. The highest BCUT2D eigenvalue weighted by Gasteiger charge is 2.29. The summed E-state index contributed by atoms with van der Waals surface area (Å²) >= 11 is 0. The molecule has 1 amide bonds. The van der Waals surface area contributed by atoms with Crippen molar-refractivity contribution in [3.8, 4) is 0 Å². The van der Waals surface area contributed by atoms with E-state index in [4.69, 9.17) is 4.74 Å². The molecule has 0 saturated heterocycles. The first-order valence-corrected chi connectivity index (χ1v) is 9.77. The molecule has 0 aromatic heterocycles. The number of amides is 1. The lowest BCUT2D eigenvalue weighted by molar-refractivity contribution is -0.385. The second kappa shape index (κ2) is 9.32. The second-order valence-electron chi connectivity index (χ2n) is 7.20. The number of hydrogen-bond acceptors (Lipinski definition) is 5. The normalized spacial score (nSPS) is 14.2. The zero-order valence-corrected chi connectivity index (χ0v) is 16.4. The van der Waals surface area contributed by atoms with E-state index in [1.165, 1.54) is 6.07 Å². The highest BCUT2D eigenvalue weighted by Crippen LogP contribution is 2.28. The van der Waals surface area contributed by atoms with Crippen molar-refractivity contribution < 1.29 is 19.2 Å². The van der Waals surface area contributed by atoms with Crippen LogP contribution in [0.1, 0.15) is 48.0 Å². The van der Waals surface area contributed by atoms with Crippen molar-refractivity contribution in [3.05, 3.63) is 69.8 Å². The van der Waals surface area contributed by atoms with E-state index in [0.29, 0.717) is 5.56 Å². The monoisotopic (exact) mass is 396 g/mol. The molecule has 0 heterocycles. The molecule has 152 valence electrons. The highest BCUT2D eigenvalue weighted by molar-refractivity contribution is 5.99. The van der Waals surface area contributed by atoms with E-state index in [9.17, 15) is 19.7 Å². The predicted molar refractivity (Wildman–Crippen MR) is 109 cm³/mol. The summed E-state index contributed by atoms with van der Waals surface area (Å²) in [7, 11) is 0. The minimum Gasteiger partial charge on any atom is -0.452 e. The smallest absolute Gasteiger partial charge is 0.345 e. The Hall–Kier alpha value is -3.22. The van der Waals surface area contributed by atoms with Crippen LogP contribution < -0.4 is 4.90 Å². The van der Waals surface area contributed by atoms with Crippen molar-refractivity contribution in [1.82, 2.24) is 0 Å². The zero-order chi connectivity index (χ0) is 20.8. The molecule has 7 nitrogen and oxygen atoms in total. The summed E-state index contributed by atoms with van der Waals surface area (Å²) in [5.41, 5.74) is 0.690. The number of hydrogen-bond donors (Lipinski definition) is 0. The molecule has 1 aliphatic rings. The summed E-state index contributed by atoms with van der Waals surface area (Å²) in [5.74, 6) is -1.20. The number of ether oxygens (including phenoxy) is 1. The van der Waals surface area contributed by atoms with E-state index in [1.54, 1.807) is 24.0 Å². The third-order valence-electron chi connectivity index (χ3n) is 5.21. The van der Waals surface area contributed by atoms with Crippen LogP contribution in [0.2, 0.25) is 0 Å².